The maximum Gasteiger partial charge on any atom is 0.417 e. The summed E-state index contributed by atoms with van der Waals surface area (Å²) >= 11 is 4.47. The highest BCUT2D eigenvalue weighted by Crippen LogP contribution is 2.31. The average molecular weight is 419 g/mol. The smallest absolute Gasteiger partial charge is 0.324 e. The van der Waals surface area contributed by atoms with Gasteiger partial charge in [-0.1, -0.05) is 17.8 Å². The van der Waals surface area contributed by atoms with E-state index in [0.717, 1.165) is 34.1 Å². The fourth-order valence-corrected chi connectivity index (χ4v) is 3.19. The molecule has 0 bridgehead atoms. The summed E-state index contributed by atoms with van der Waals surface area (Å²) in [5, 5.41) is 2.62. The molecule has 8 heteroatoms. The second-order valence-electron chi connectivity index (χ2n) is 5.12. The summed E-state index contributed by atoms with van der Waals surface area (Å²) in [5.74, 6) is -0.258. The van der Waals surface area contributed by atoms with Gasteiger partial charge in [0.25, 0.3) is 0 Å². The SMILES string of the molecule is Cc1ccc(NC(=O)[C@@H](C)Sc2ccc(C(F)(F)F)cn2)c(Br)c1. The predicted molar refractivity (Wildman–Crippen MR) is 92.1 cm³/mol. The van der Waals surface area contributed by atoms with Crippen LogP contribution in [0.15, 0.2) is 46.0 Å². The van der Waals surface area contributed by atoms with Crippen LogP contribution in [0.2, 0.25) is 0 Å². The summed E-state index contributed by atoms with van der Waals surface area (Å²) in [4.78, 5) is 16.0. The van der Waals surface area contributed by atoms with Crippen LogP contribution in [0.5, 0.6) is 0 Å². The number of amides is 1. The van der Waals surface area contributed by atoms with Crippen molar-refractivity contribution in [2.45, 2.75) is 30.3 Å². The van der Waals surface area contributed by atoms with Crippen LogP contribution in [0.3, 0.4) is 0 Å². The van der Waals surface area contributed by atoms with Crippen LogP contribution in [-0.2, 0) is 11.0 Å². The van der Waals surface area contributed by atoms with Crippen molar-refractivity contribution in [3.05, 3.63) is 52.1 Å². The molecule has 0 saturated heterocycles. The number of halogens is 4. The molecule has 0 saturated carbocycles. The van der Waals surface area contributed by atoms with Crippen molar-refractivity contribution in [1.29, 1.82) is 0 Å². The van der Waals surface area contributed by atoms with E-state index in [1.165, 1.54) is 6.07 Å². The number of benzene rings is 1. The van der Waals surface area contributed by atoms with E-state index >= 15 is 0 Å². The van der Waals surface area contributed by atoms with Crippen molar-refractivity contribution < 1.29 is 18.0 Å². The molecule has 0 unspecified atom stereocenters. The van der Waals surface area contributed by atoms with Crippen LogP contribution < -0.4 is 5.32 Å². The molecule has 0 spiro atoms. The number of rotatable bonds is 4. The molecule has 2 aromatic rings. The number of anilines is 1. The molecule has 0 aliphatic carbocycles. The highest BCUT2D eigenvalue weighted by molar-refractivity contribution is 9.10. The number of alkyl halides is 3. The Hall–Kier alpha value is -1.54. The summed E-state index contributed by atoms with van der Waals surface area (Å²) in [5.41, 5.74) is 0.877. The van der Waals surface area contributed by atoms with Gasteiger partial charge in [-0.15, -0.1) is 0 Å². The Labute approximate surface area is 150 Å². The van der Waals surface area contributed by atoms with E-state index in [1.54, 1.807) is 13.0 Å². The Morgan fingerprint density at radius 3 is 2.54 bits per heavy atom. The minimum atomic E-state index is -4.42. The standard InChI is InChI=1S/C16H14BrF3N2OS/c1-9-3-5-13(12(17)7-9)22-15(23)10(2)24-14-6-4-11(8-21-14)16(18,19)20/h3-8,10H,1-2H3,(H,22,23)/t10-/m1/s1. The number of hydrogen-bond acceptors (Lipinski definition) is 3. The molecule has 1 aromatic heterocycles. The Morgan fingerprint density at radius 1 is 1.29 bits per heavy atom. The van der Waals surface area contributed by atoms with Gasteiger partial charge in [-0.05, 0) is 59.6 Å². The van der Waals surface area contributed by atoms with Crippen LogP contribution >= 0.6 is 27.7 Å². The van der Waals surface area contributed by atoms with Crippen molar-refractivity contribution in [3.63, 3.8) is 0 Å². The fourth-order valence-electron chi connectivity index (χ4n) is 1.81. The molecule has 2 rings (SSSR count). The van der Waals surface area contributed by atoms with Gasteiger partial charge in [0.2, 0.25) is 5.91 Å². The quantitative estimate of drug-likeness (QED) is 0.685. The number of hydrogen-bond donors (Lipinski definition) is 1. The first-order chi connectivity index (χ1) is 11.2. The van der Waals surface area contributed by atoms with Gasteiger partial charge in [-0.25, -0.2) is 4.98 Å². The molecule has 0 aliphatic rings. The Bertz CT molecular complexity index is 735. The largest absolute Gasteiger partial charge is 0.417 e. The van der Waals surface area contributed by atoms with Gasteiger partial charge in [0.15, 0.2) is 0 Å². The van der Waals surface area contributed by atoms with Gasteiger partial charge in [0, 0.05) is 10.7 Å². The zero-order chi connectivity index (χ0) is 17.9. The number of aromatic nitrogens is 1. The Balaban J connectivity index is 2.01. The van der Waals surface area contributed by atoms with Gasteiger partial charge in [-0.2, -0.15) is 13.2 Å². The summed E-state index contributed by atoms with van der Waals surface area (Å²) in [6.45, 7) is 3.60. The van der Waals surface area contributed by atoms with E-state index in [-0.39, 0.29) is 5.91 Å². The zero-order valence-corrected chi connectivity index (χ0v) is 15.2. The molecule has 3 nitrogen and oxygen atoms in total. The average Bonchev–Trinajstić information content (AvgIpc) is 2.49. The molecule has 1 amide bonds. The van der Waals surface area contributed by atoms with Crippen LogP contribution in [0.4, 0.5) is 18.9 Å². The molecular weight excluding hydrogens is 405 g/mol. The van der Waals surface area contributed by atoms with E-state index < -0.39 is 17.0 Å². The minimum Gasteiger partial charge on any atom is -0.324 e. The highest BCUT2D eigenvalue weighted by Gasteiger charge is 2.30. The molecule has 1 aromatic carbocycles. The molecular formula is C16H14BrF3N2OS. The van der Waals surface area contributed by atoms with E-state index in [2.05, 4.69) is 26.2 Å². The number of thioether (sulfide) groups is 1. The third kappa shape index (κ3) is 4.98. The fraction of sp³-hybridized carbons (Fsp3) is 0.250. The lowest BCUT2D eigenvalue weighted by molar-refractivity contribution is -0.137. The molecule has 24 heavy (non-hydrogen) atoms. The van der Waals surface area contributed by atoms with Gasteiger partial charge in [-0.3, -0.25) is 4.79 Å². The molecule has 128 valence electrons. The van der Waals surface area contributed by atoms with Crippen molar-refractivity contribution in [2.75, 3.05) is 5.32 Å². The van der Waals surface area contributed by atoms with E-state index in [0.29, 0.717) is 10.7 Å². The van der Waals surface area contributed by atoms with Gasteiger partial charge >= 0.3 is 6.18 Å². The minimum absolute atomic E-state index is 0.258. The molecule has 1 atom stereocenters. The monoisotopic (exact) mass is 418 g/mol. The lowest BCUT2D eigenvalue weighted by Crippen LogP contribution is -2.22. The second-order valence-corrected chi connectivity index (χ2v) is 7.33. The predicted octanol–water partition coefficient (Wildman–Crippen LogP) is 5.29. The van der Waals surface area contributed by atoms with Crippen LogP contribution in [0, 0.1) is 6.92 Å². The third-order valence-electron chi connectivity index (χ3n) is 3.11. The van der Waals surface area contributed by atoms with E-state index in [9.17, 15) is 18.0 Å². The topological polar surface area (TPSA) is 42.0 Å². The molecule has 0 fully saturated rings. The molecule has 1 N–H and O–H groups in total. The number of pyridine rings is 1. The molecule has 1 heterocycles. The van der Waals surface area contributed by atoms with Crippen molar-refractivity contribution in [1.82, 2.24) is 4.98 Å². The zero-order valence-electron chi connectivity index (χ0n) is 12.8. The summed E-state index contributed by atoms with van der Waals surface area (Å²) in [6.07, 6.45) is -3.65. The number of carbonyl (C=O) groups is 1. The Morgan fingerprint density at radius 2 is 2.00 bits per heavy atom. The number of aryl methyl sites for hydroxylation is 1. The summed E-state index contributed by atoms with van der Waals surface area (Å²) < 4.78 is 38.3. The van der Waals surface area contributed by atoms with Crippen LogP contribution in [-0.4, -0.2) is 16.1 Å². The van der Waals surface area contributed by atoms with Gasteiger partial charge < -0.3 is 5.32 Å². The second kappa shape index (κ2) is 7.57. The van der Waals surface area contributed by atoms with Gasteiger partial charge in [0.05, 0.1) is 21.5 Å². The third-order valence-corrected chi connectivity index (χ3v) is 4.82. The van der Waals surface area contributed by atoms with Crippen molar-refractivity contribution in [2.24, 2.45) is 0 Å². The van der Waals surface area contributed by atoms with Crippen molar-refractivity contribution >= 4 is 39.3 Å². The van der Waals surface area contributed by atoms with E-state index in [1.807, 2.05) is 19.1 Å². The molecule has 0 aliphatic heterocycles. The lowest BCUT2D eigenvalue weighted by Gasteiger charge is -2.13. The summed E-state index contributed by atoms with van der Waals surface area (Å²) in [7, 11) is 0. The van der Waals surface area contributed by atoms with E-state index in [4.69, 9.17) is 0 Å². The number of nitrogens with zero attached hydrogens (tertiary/aromatic N) is 1. The highest BCUT2D eigenvalue weighted by atomic mass is 79.9. The van der Waals surface area contributed by atoms with Gasteiger partial charge in [0.1, 0.15) is 0 Å². The lowest BCUT2D eigenvalue weighted by atomic mass is 10.2. The first-order valence-electron chi connectivity index (χ1n) is 6.94. The van der Waals surface area contributed by atoms with Crippen LogP contribution in [0.1, 0.15) is 18.1 Å². The Kier molecular flexibility index (Phi) is 5.92. The van der Waals surface area contributed by atoms with Crippen LogP contribution in [0.25, 0.3) is 0 Å². The normalized spacial score (nSPS) is 12.8. The number of nitrogens with one attached hydrogen (secondary N) is 1. The first kappa shape index (κ1) is 18.8. The summed E-state index contributed by atoms with van der Waals surface area (Å²) in [6, 6.07) is 7.75. The molecule has 0 radical (unpaired) electrons. The number of carbonyl (C=O) groups excluding carboxylic acids is 1. The first-order valence-corrected chi connectivity index (χ1v) is 8.61. The maximum atomic E-state index is 12.5. The maximum absolute atomic E-state index is 12.5. The van der Waals surface area contributed by atoms with Crippen molar-refractivity contribution in [3.8, 4) is 0 Å².